The van der Waals surface area contributed by atoms with Crippen molar-refractivity contribution in [1.82, 2.24) is 0 Å². The lowest BCUT2D eigenvalue weighted by Gasteiger charge is -2.19. The molecule has 0 heterocycles. The van der Waals surface area contributed by atoms with Gasteiger partial charge < -0.3 is 4.74 Å². The first kappa shape index (κ1) is 11.8. The Morgan fingerprint density at radius 1 is 1.50 bits per heavy atom. The Kier molecular flexibility index (Phi) is 3.61. The highest BCUT2D eigenvalue weighted by atomic mass is 32.2. The molecule has 6 heteroatoms. The second-order valence-electron chi connectivity index (χ2n) is 3.35. The lowest BCUT2D eigenvalue weighted by atomic mass is 10.2. The van der Waals surface area contributed by atoms with E-state index in [2.05, 4.69) is 0 Å². The van der Waals surface area contributed by atoms with Crippen molar-refractivity contribution in [3.63, 3.8) is 0 Å². The fraction of sp³-hybridized carbons (Fsp3) is 1.00. The number of hydrogen-bond donors (Lipinski definition) is 1. The summed E-state index contributed by atoms with van der Waals surface area (Å²) in [6, 6.07) is 0. The SMILES string of the molecule is CC(C)(C)OCC(F)S(=O)(=O)O. The van der Waals surface area contributed by atoms with Gasteiger partial charge in [0.05, 0.1) is 12.2 Å². The van der Waals surface area contributed by atoms with Crippen molar-refractivity contribution in [2.75, 3.05) is 6.61 Å². The molecule has 4 nitrogen and oxygen atoms in total. The van der Waals surface area contributed by atoms with Crippen LogP contribution in [0.1, 0.15) is 20.8 Å². The Hall–Kier alpha value is -0.200. The summed E-state index contributed by atoms with van der Waals surface area (Å²) < 4.78 is 45.8. The van der Waals surface area contributed by atoms with E-state index in [-0.39, 0.29) is 0 Å². The maximum Gasteiger partial charge on any atom is 0.299 e. The van der Waals surface area contributed by atoms with Crippen molar-refractivity contribution in [1.29, 1.82) is 0 Å². The van der Waals surface area contributed by atoms with Gasteiger partial charge in [-0.05, 0) is 20.8 Å². The van der Waals surface area contributed by atoms with Gasteiger partial charge in [-0.3, -0.25) is 4.55 Å². The highest BCUT2D eigenvalue weighted by Crippen LogP contribution is 2.10. The first-order valence-corrected chi connectivity index (χ1v) is 4.87. The maximum atomic E-state index is 12.5. The molecular formula is C6H13FO4S. The van der Waals surface area contributed by atoms with E-state index in [9.17, 15) is 12.8 Å². The van der Waals surface area contributed by atoms with Crippen LogP contribution in [0.4, 0.5) is 4.39 Å². The van der Waals surface area contributed by atoms with Gasteiger partial charge in [0.15, 0.2) is 0 Å². The number of hydrogen-bond acceptors (Lipinski definition) is 3. The average Bonchev–Trinajstić information content (AvgIpc) is 1.78. The second kappa shape index (κ2) is 3.68. The summed E-state index contributed by atoms with van der Waals surface area (Å²) >= 11 is 0. The average molecular weight is 200 g/mol. The summed E-state index contributed by atoms with van der Waals surface area (Å²) in [5, 5.41) is 0. The lowest BCUT2D eigenvalue weighted by Crippen LogP contribution is -2.28. The van der Waals surface area contributed by atoms with Crippen molar-refractivity contribution >= 4 is 10.1 Å². The fourth-order valence-electron chi connectivity index (χ4n) is 0.402. The predicted molar refractivity (Wildman–Crippen MR) is 42.1 cm³/mol. The zero-order valence-electron chi connectivity index (χ0n) is 7.24. The Morgan fingerprint density at radius 3 is 2.17 bits per heavy atom. The van der Waals surface area contributed by atoms with E-state index in [0.29, 0.717) is 0 Å². The molecule has 1 atom stereocenters. The first-order valence-electron chi connectivity index (χ1n) is 3.37. The molecule has 0 saturated carbocycles. The third kappa shape index (κ3) is 5.45. The van der Waals surface area contributed by atoms with Crippen LogP contribution < -0.4 is 0 Å². The van der Waals surface area contributed by atoms with Gasteiger partial charge in [-0.25, -0.2) is 4.39 Å². The van der Waals surface area contributed by atoms with Crippen molar-refractivity contribution in [3.8, 4) is 0 Å². The van der Waals surface area contributed by atoms with Crippen LogP contribution in [0, 0.1) is 0 Å². The molecule has 0 aliphatic heterocycles. The number of ether oxygens (including phenoxy) is 1. The van der Waals surface area contributed by atoms with Gasteiger partial charge in [0, 0.05) is 0 Å². The molecule has 1 unspecified atom stereocenters. The molecule has 0 spiro atoms. The molecule has 12 heavy (non-hydrogen) atoms. The van der Waals surface area contributed by atoms with Crippen LogP contribution >= 0.6 is 0 Å². The van der Waals surface area contributed by atoms with Gasteiger partial charge >= 0.3 is 0 Å². The molecule has 0 aromatic rings. The van der Waals surface area contributed by atoms with E-state index in [4.69, 9.17) is 9.29 Å². The van der Waals surface area contributed by atoms with Gasteiger partial charge in [-0.1, -0.05) is 0 Å². The molecule has 0 aromatic heterocycles. The van der Waals surface area contributed by atoms with E-state index in [1.807, 2.05) is 0 Å². The zero-order valence-corrected chi connectivity index (χ0v) is 8.06. The standard InChI is InChI=1S/C6H13FO4S/c1-6(2,3)11-4-5(7)12(8,9)10/h5H,4H2,1-3H3,(H,8,9,10). The van der Waals surface area contributed by atoms with Crippen molar-refractivity contribution in [3.05, 3.63) is 0 Å². The van der Waals surface area contributed by atoms with Gasteiger partial charge in [-0.2, -0.15) is 8.42 Å². The van der Waals surface area contributed by atoms with E-state index < -0.39 is 27.8 Å². The molecule has 0 saturated heterocycles. The van der Waals surface area contributed by atoms with E-state index in [1.54, 1.807) is 20.8 Å². The molecule has 0 bridgehead atoms. The Balaban J connectivity index is 3.98. The van der Waals surface area contributed by atoms with Gasteiger partial charge in [0.1, 0.15) is 0 Å². The van der Waals surface area contributed by atoms with Crippen LogP contribution in [-0.4, -0.2) is 30.7 Å². The summed E-state index contributed by atoms with van der Waals surface area (Å²) in [6.45, 7) is 4.32. The summed E-state index contributed by atoms with van der Waals surface area (Å²) in [5.74, 6) is 0. The maximum absolute atomic E-state index is 12.5. The molecule has 0 amide bonds. The molecule has 0 aliphatic rings. The van der Waals surface area contributed by atoms with Crippen LogP contribution in [-0.2, 0) is 14.9 Å². The smallest absolute Gasteiger partial charge is 0.299 e. The largest absolute Gasteiger partial charge is 0.372 e. The van der Waals surface area contributed by atoms with Crippen LogP contribution in [0.15, 0.2) is 0 Å². The minimum absolute atomic E-state index is 0.616. The topological polar surface area (TPSA) is 63.6 Å². The second-order valence-corrected chi connectivity index (χ2v) is 4.89. The van der Waals surface area contributed by atoms with Crippen LogP contribution in [0.2, 0.25) is 0 Å². The zero-order chi connectivity index (χ0) is 9.99. The highest BCUT2D eigenvalue weighted by Gasteiger charge is 2.24. The molecule has 74 valence electrons. The molecule has 0 radical (unpaired) electrons. The first-order chi connectivity index (χ1) is 5.13. The minimum Gasteiger partial charge on any atom is -0.372 e. The van der Waals surface area contributed by atoms with E-state index >= 15 is 0 Å². The van der Waals surface area contributed by atoms with E-state index in [0.717, 1.165) is 0 Å². The van der Waals surface area contributed by atoms with Crippen molar-refractivity contribution < 1.29 is 22.1 Å². The van der Waals surface area contributed by atoms with Gasteiger partial charge in [-0.15, -0.1) is 0 Å². The normalized spacial score (nSPS) is 16.1. The van der Waals surface area contributed by atoms with Crippen molar-refractivity contribution in [2.24, 2.45) is 0 Å². The number of rotatable bonds is 3. The molecule has 0 aromatic carbocycles. The fourth-order valence-corrected chi connectivity index (χ4v) is 0.642. The monoisotopic (exact) mass is 200 g/mol. The number of halogens is 1. The summed E-state index contributed by atoms with van der Waals surface area (Å²) in [7, 11) is -4.62. The summed E-state index contributed by atoms with van der Waals surface area (Å²) in [5.41, 5.74) is -2.98. The third-order valence-electron chi connectivity index (χ3n) is 0.971. The Bertz CT molecular complexity index is 228. The molecule has 0 aliphatic carbocycles. The van der Waals surface area contributed by atoms with Gasteiger partial charge in [0.2, 0.25) is 5.50 Å². The van der Waals surface area contributed by atoms with Gasteiger partial charge in [0.25, 0.3) is 10.1 Å². The molecule has 0 rings (SSSR count). The van der Waals surface area contributed by atoms with Crippen LogP contribution in [0.3, 0.4) is 0 Å². The molecule has 0 fully saturated rings. The Labute approximate surface area is 71.5 Å². The minimum atomic E-state index is -4.62. The van der Waals surface area contributed by atoms with E-state index in [1.165, 1.54) is 0 Å². The lowest BCUT2D eigenvalue weighted by molar-refractivity contribution is -0.0167. The van der Waals surface area contributed by atoms with Crippen LogP contribution in [0.25, 0.3) is 0 Å². The third-order valence-corrected chi connectivity index (χ3v) is 1.75. The molecular weight excluding hydrogens is 187 g/mol. The predicted octanol–water partition coefficient (Wildman–Crippen LogP) is 0.985. The molecule has 1 N–H and O–H groups in total. The highest BCUT2D eigenvalue weighted by molar-refractivity contribution is 7.86. The quantitative estimate of drug-likeness (QED) is 0.690. The Morgan fingerprint density at radius 2 is 1.92 bits per heavy atom. The van der Waals surface area contributed by atoms with Crippen molar-refractivity contribution in [2.45, 2.75) is 31.9 Å². The summed E-state index contributed by atoms with van der Waals surface area (Å²) in [6.07, 6.45) is 0. The number of alkyl halides is 1. The van der Waals surface area contributed by atoms with Crippen LogP contribution in [0.5, 0.6) is 0 Å². The summed E-state index contributed by atoms with van der Waals surface area (Å²) in [4.78, 5) is 0.